The highest BCUT2D eigenvalue weighted by atomic mass is 32.2. The highest BCUT2D eigenvalue weighted by Crippen LogP contribution is 2.46. The third-order valence-electron chi connectivity index (χ3n) is 9.79. The largest absolute Gasteiger partial charge is 0.491 e. The van der Waals surface area contributed by atoms with E-state index in [4.69, 9.17) is 15.2 Å². The van der Waals surface area contributed by atoms with Crippen molar-refractivity contribution < 1.29 is 40.9 Å². The van der Waals surface area contributed by atoms with E-state index in [9.17, 15) is 31.4 Å². The van der Waals surface area contributed by atoms with Gasteiger partial charge in [0.05, 0.1) is 33.4 Å². The Labute approximate surface area is 280 Å². The number of halogens is 1. The van der Waals surface area contributed by atoms with Crippen LogP contribution < -0.4 is 15.8 Å². The molecule has 3 aliphatic rings. The Hall–Kier alpha value is -2.95. The standard InChI is InChI=1S/C34H42FN3O8S2/c35-32-9-8-30(17-31(32)25-6-4-24(19-36)5-7-25)48(43,44)38-14-12-33(13-15-38)18-26(21-46-33)37-20-27(40)22-45-28-2-1-3-29(16-28)47(41,42)34(23-39)10-11-34/h1-9,16-17,26-27,37,39-40H,10-15,18-23,36H2/t26-,27?/m0/s1. The van der Waals surface area contributed by atoms with E-state index in [1.54, 1.807) is 36.4 Å². The van der Waals surface area contributed by atoms with Crippen molar-refractivity contribution >= 4 is 19.9 Å². The lowest BCUT2D eigenvalue weighted by molar-refractivity contribution is -0.0312. The number of hydrogen-bond acceptors (Lipinski definition) is 10. The average Bonchev–Trinajstić information content (AvgIpc) is 3.83. The van der Waals surface area contributed by atoms with Crippen molar-refractivity contribution in [2.45, 2.75) is 70.9 Å². The van der Waals surface area contributed by atoms with Crippen LogP contribution >= 0.6 is 0 Å². The van der Waals surface area contributed by atoms with Gasteiger partial charge in [-0.1, -0.05) is 30.3 Å². The first-order valence-electron chi connectivity index (χ1n) is 16.1. The van der Waals surface area contributed by atoms with E-state index in [2.05, 4.69) is 5.32 Å². The van der Waals surface area contributed by atoms with Gasteiger partial charge in [-0.05, 0) is 79.6 Å². The first-order valence-corrected chi connectivity index (χ1v) is 19.1. The van der Waals surface area contributed by atoms with Crippen LogP contribution in [0.4, 0.5) is 4.39 Å². The summed E-state index contributed by atoms with van der Waals surface area (Å²) in [6.07, 6.45) is 1.63. The fraction of sp³-hybridized carbons (Fsp3) is 0.471. The Bertz CT molecular complexity index is 1830. The van der Waals surface area contributed by atoms with E-state index in [1.165, 1.54) is 34.6 Å². The summed E-state index contributed by atoms with van der Waals surface area (Å²) < 4.78 is 79.9. The maximum absolute atomic E-state index is 14.7. The molecule has 14 heteroatoms. The summed E-state index contributed by atoms with van der Waals surface area (Å²) >= 11 is 0. The zero-order valence-electron chi connectivity index (χ0n) is 26.6. The number of aliphatic hydroxyl groups excluding tert-OH is 2. The summed E-state index contributed by atoms with van der Waals surface area (Å²) in [4.78, 5) is 0.119. The molecule has 0 aromatic heterocycles. The molecular weight excluding hydrogens is 662 g/mol. The maximum Gasteiger partial charge on any atom is 0.243 e. The number of nitrogens with zero attached hydrogens (tertiary/aromatic N) is 1. The molecule has 3 aromatic carbocycles. The van der Waals surface area contributed by atoms with Gasteiger partial charge in [-0.2, -0.15) is 4.31 Å². The highest BCUT2D eigenvalue weighted by molar-refractivity contribution is 7.93. The van der Waals surface area contributed by atoms with Gasteiger partial charge in [-0.3, -0.25) is 0 Å². The smallest absolute Gasteiger partial charge is 0.243 e. The topological polar surface area (TPSA) is 168 Å². The van der Waals surface area contributed by atoms with Crippen molar-refractivity contribution in [1.29, 1.82) is 0 Å². The van der Waals surface area contributed by atoms with Gasteiger partial charge in [0.15, 0.2) is 9.84 Å². The van der Waals surface area contributed by atoms with Gasteiger partial charge in [-0.15, -0.1) is 0 Å². The quantitative estimate of drug-likeness (QED) is 0.208. The van der Waals surface area contributed by atoms with Crippen LogP contribution in [0.1, 0.15) is 37.7 Å². The number of rotatable bonds is 13. The Kier molecular flexibility index (Phi) is 10.00. The van der Waals surface area contributed by atoms with Crippen LogP contribution in [-0.2, 0) is 31.1 Å². The van der Waals surface area contributed by atoms with Gasteiger partial charge in [-0.25, -0.2) is 21.2 Å². The lowest BCUT2D eigenvalue weighted by Gasteiger charge is -2.38. The minimum Gasteiger partial charge on any atom is -0.491 e. The summed E-state index contributed by atoms with van der Waals surface area (Å²) in [5.74, 6) is -0.196. The molecule has 0 radical (unpaired) electrons. The van der Waals surface area contributed by atoms with Crippen molar-refractivity contribution in [2.24, 2.45) is 5.73 Å². The monoisotopic (exact) mass is 703 g/mol. The normalized spacial score (nSPS) is 21.3. The maximum atomic E-state index is 14.7. The van der Waals surface area contributed by atoms with Gasteiger partial charge in [0, 0.05) is 37.8 Å². The summed E-state index contributed by atoms with van der Waals surface area (Å²) in [5, 5.41) is 23.5. The van der Waals surface area contributed by atoms with Crippen LogP contribution in [0.25, 0.3) is 11.1 Å². The number of sulfonamides is 1. The molecule has 1 aliphatic carbocycles. The number of nitrogens with one attached hydrogen (secondary N) is 1. The number of piperidine rings is 1. The van der Waals surface area contributed by atoms with Gasteiger partial charge in [0.1, 0.15) is 24.3 Å². The first-order chi connectivity index (χ1) is 22.9. The lowest BCUT2D eigenvalue weighted by atomic mass is 9.88. The third kappa shape index (κ3) is 7.03. The summed E-state index contributed by atoms with van der Waals surface area (Å²) in [6.45, 7) is 1.03. The van der Waals surface area contributed by atoms with Crippen LogP contribution in [0.3, 0.4) is 0 Å². The molecular formula is C34H42FN3O8S2. The second kappa shape index (κ2) is 13.8. The fourth-order valence-corrected chi connectivity index (χ4v) is 9.81. The van der Waals surface area contributed by atoms with Crippen LogP contribution in [-0.4, -0.2) is 93.3 Å². The molecule has 2 aliphatic heterocycles. The molecule has 48 heavy (non-hydrogen) atoms. The number of hydrogen-bond donors (Lipinski definition) is 4. The zero-order chi connectivity index (χ0) is 34.2. The molecule has 260 valence electrons. The summed E-state index contributed by atoms with van der Waals surface area (Å²) in [6, 6.07) is 17.0. The molecule has 3 aromatic rings. The fourth-order valence-electron chi connectivity index (χ4n) is 6.50. The lowest BCUT2D eigenvalue weighted by Crippen LogP contribution is -2.47. The number of ether oxygens (including phenoxy) is 2. The molecule has 1 spiro atoms. The molecule has 2 saturated heterocycles. The van der Waals surface area contributed by atoms with Crippen molar-refractivity contribution in [3.63, 3.8) is 0 Å². The van der Waals surface area contributed by atoms with Gasteiger partial charge in [0.2, 0.25) is 10.0 Å². The number of nitrogens with two attached hydrogens (primary N) is 1. The molecule has 5 N–H and O–H groups in total. The Balaban J connectivity index is 0.987. The van der Waals surface area contributed by atoms with Crippen molar-refractivity contribution in [3.05, 3.63) is 78.1 Å². The molecule has 3 fully saturated rings. The molecule has 1 unspecified atom stereocenters. The van der Waals surface area contributed by atoms with Crippen LogP contribution in [0.15, 0.2) is 76.5 Å². The van der Waals surface area contributed by atoms with E-state index in [0.29, 0.717) is 56.6 Å². The molecule has 0 amide bonds. The minimum absolute atomic E-state index is 0.0335. The van der Waals surface area contributed by atoms with Crippen LogP contribution in [0.2, 0.25) is 0 Å². The van der Waals surface area contributed by atoms with Gasteiger partial charge in [0.25, 0.3) is 0 Å². The second-order valence-electron chi connectivity index (χ2n) is 13.0. The molecule has 2 atom stereocenters. The van der Waals surface area contributed by atoms with E-state index in [-0.39, 0.29) is 47.6 Å². The molecule has 0 bridgehead atoms. The van der Waals surface area contributed by atoms with E-state index in [1.807, 2.05) is 0 Å². The van der Waals surface area contributed by atoms with Gasteiger partial charge >= 0.3 is 0 Å². The summed E-state index contributed by atoms with van der Waals surface area (Å²) in [7, 11) is -7.55. The van der Waals surface area contributed by atoms with E-state index < -0.39 is 48.7 Å². The SMILES string of the molecule is NCc1ccc(-c2cc(S(=O)(=O)N3CCC4(CC3)C[C@H](NCC(O)COc3cccc(S(=O)(=O)C5(CO)CC5)c3)CO4)ccc2F)cc1. The Morgan fingerprint density at radius 2 is 1.73 bits per heavy atom. The highest BCUT2D eigenvalue weighted by Gasteiger charge is 2.54. The number of aliphatic hydroxyl groups is 2. The zero-order valence-corrected chi connectivity index (χ0v) is 28.2. The number of sulfone groups is 1. The Morgan fingerprint density at radius 3 is 2.40 bits per heavy atom. The second-order valence-corrected chi connectivity index (χ2v) is 17.3. The van der Waals surface area contributed by atoms with Crippen molar-refractivity contribution in [3.8, 4) is 16.9 Å². The van der Waals surface area contributed by atoms with E-state index >= 15 is 0 Å². The molecule has 6 rings (SSSR count). The number of benzene rings is 3. The van der Waals surface area contributed by atoms with Crippen molar-refractivity contribution in [1.82, 2.24) is 9.62 Å². The van der Waals surface area contributed by atoms with Crippen molar-refractivity contribution in [2.75, 3.05) is 39.5 Å². The average molecular weight is 704 g/mol. The van der Waals surface area contributed by atoms with Crippen LogP contribution in [0.5, 0.6) is 5.75 Å². The predicted octanol–water partition coefficient (Wildman–Crippen LogP) is 2.59. The predicted molar refractivity (Wildman–Crippen MR) is 177 cm³/mol. The first kappa shape index (κ1) is 34.9. The molecule has 1 saturated carbocycles. The molecule has 11 nitrogen and oxygen atoms in total. The van der Waals surface area contributed by atoms with Crippen LogP contribution in [0, 0.1) is 5.82 Å². The minimum atomic E-state index is -3.87. The Morgan fingerprint density at radius 1 is 1.00 bits per heavy atom. The molecule has 2 heterocycles. The van der Waals surface area contributed by atoms with Gasteiger partial charge < -0.3 is 30.7 Å². The third-order valence-corrected chi connectivity index (χ3v) is 14.2. The summed E-state index contributed by atoms with van der Waals surface area (Å²) in [5.41, 5.74) is 6.85. The van der Waals surface area contributed by atoms with E-state index in [0.717, 1.165) is 5.56 Å².